The van der Waals surface area contributed by atoms with E-state index in [0.29, 0.717) is 28.9 Å². The van der Waals surface area contributed by atoms with Gasteiger partial charge in [0.2, 0.25) is 10.0 Å². The molecule has 2 N–H and O–H groups in total. The number of pyridine rings is 1. The van der Waals surface area contributed by atoms with Crippen molar-refractivity contribution in [2.45, 2.75) is 54.7 Å². The number of sulfonamides is 1. The summed E-state index contributed by atoms with van der Waals surface area (Å²) in [6.45, 7) is 2.61. The minimum absolute atomic E-state index is 0.0245. The molecule has 3 rings (SSSR count). The fourth-order valence-corrected chi connectivity index (χ4v) is 6.92. The van der Waals surface area contributed by atoms with Crippen molar-refractivity contribution in [1.29, 1.82) is 0 Å². The van der Waals surface area contributed by atoms with Crippen molar-refractivity contribution in [3.8, 4) is 0 Å². The number of halogens is 4. The molecule has 1 aliphatic rings. The van der Waals surface area contributed by atoms with Crippen molar-refractivity contribution >= 4 is 36.4 Å². The molecule has 2 heterocycles. The van der Waals surface area contributed by atoms with Gasteiger partial charge in [0.05, 0.1) is 6.26 Å². The molecular weight excluding hydrogens is 575 g/mol. The number of benzene rings is 1. The van der Waals surface area contributed by atoms with Gasteiger partial charge in [0, 0.05) is 12.1 Å². The third-order valence-electron chi connectivity index (χ3n) is 6.39. The number of carbonyl (C=O) groups excluding carboxylic acids is 1. The number of nitrogens with one attached hydrogen (secondary N) is 2. The van der Waals surface area contributed by atoms with Gasteiger partial charge in [0.25, 0.3) is 0 Å². The topological polar surface area (TPSA) is 91.4 Å². The van der Waals surface area contributed by atoms with E-state index >= 15 is 0 Å². The molecule has 1 amide bonds. The van der Waals surface area contributed by atoms with Crippen LogP contribution in [0, 0.1) is 5.82 Å². The third kappa shape index (κ3) is 7.91. The van der Waals surface area contributed by atoms with Crippen molar-refractivity contribution in [3.05, 3.63) is 58.5 Å². The van der Waals surface area contributed by atoms with Crippen LogP contribution >= 0.6 is 0 Å². The van der Waals surface area contributed by atoms with Gasteiger partial charge in [-0.1, -0.05) is 0 Å². The molecule has 7 nitrogen and oxygen atoms in total. The monoisotopic (exact) mass is 606 g/mol. The van der Waals surface area contributed by atoms with Crippen LogP contribution in [0.15, 0.2) is 30.3 Å². The van der Waals surface area contributed by atoms with Crippen LogP contribution in [0.2, 0.25) is 16.1 Å². The van der Waals surface area contributed by atoms with Crippen LogP contribution in [0.3, 0.4) is 0 Å². The first-order valence-corrected chi connectivity index (χ1v) is 18.4. The normalized spacial score (nSPS) is 17.3. The molecule has 204 valence electrons. The minimum atomic E-state index is -4.58. The number of amides is 1. The van der Waals surface area contributed by atoms with Crippen LogP contribution in [-0.4, -0.2) is 53.3 Å². The molecular formula is C24H31AsF4N4O3S. The van der Waals surface area contributed by atoms with Crippen LogP contribution in [0.25, 0.3) is 0 Å². The molecule has 1 aromatic carbocycles. The summed E-state index contributed by atoms with van der Waals surface area (Å²) < 4.78 is 79.7. The van der Waals surface area contributed by atoms with E-state index in [1.807, 2.05) is 4.90 Å². The zero-order chi connectivity index (χ0) is 27.5. The summed E-state index contributed by atoms with van der Waals surface area (Å²) in [5, 5.41) is 2.74. The first-order valence-electron chi connectivity index (χ1n) is 11.6. The van der Waals surface area contributed by atoms with Crippen LogP contribution in [-0.2, 0) is 34.1 Å². The van der Waals surface area contributed by atoms with Gasteiger partial charge >= 0.3 is 174 Å². The van der Waals surface area contributed by atoms with Gasteiger partial charge < -0.3 is 0 Å². The molecule has 37 heavy (non-hydrogen) atoms. The Morgan fingerprint density at radius 3 is 2.43 bits per heavy atom. The van der Waals surface area contributed by atoms with E-state index in [4.69, 9.17) is 0 Å². The second-order valence-electron chi connectivity index (χ2n) is 9.41. The maximum absolute atomic E-state index is 14.5. The van der Waals surface area contributed by atoms with Crippen molar-refractivity contribution in [2.75, 3.05) is 24.2 Å². The quantitative estimate of drug-likeness (QED) is 0.332. The Labute approximate surface area is 219 Å². The number of alkyl halides is 3. The molecule has 1 aliphatic heterocycles. The molecule has 2 atom stereocenters. The number of hydrogen-bond acceptors (Lipinski definition) is 5. The second-order valence-corrected chi connectivity index (χ2v) is 16.8. The summed E-state index contributed by atoms with van der Waals surface area (Å²) in [6, 6.07) is 6.39. The summed E-state index contributed by atoms with van der Waals surface area (Å²) in [4.78, 5) is 18.6. The summed E-state index contributed by atoms with van der Waals surface area (Å²) >= 11 is -1.04. The summed E-state index contributed by atoms with van der Waals surface area (Å²) in [5.74, 6) is -1.60. The average molecular weight is 607 g/mol. The van der Waals surface area contributed by atoms with Crippen LogP contribution < -0.4 is 14.9 Å². The van der Waals surface area contributed by atoms with E-state index in [2.05, 4.69) is 26.4 Å². The van der Waals surface area contributed by atoms with E-state index < -0.39 is 54.2 Å². The Morgan fingerprint density at radius 2 is 1.86 bits per heavy atom. The molecule has 1 unspecified atom stereocenters. The Morgan fingerprint density at radius 1 is 1.19 bits per heavy atom. The summed E-state index contributed by atoms with van der Waals surface area (Å²) in [7, 11) is -3.49. The average Bonchev–Trinajstić information content (AvgIpc) is 3.30. The van der Waals surface area contributed by atoms with E-state index in [1.165, 1.54) is 24.3 Å². The molecule has 1 fully saturated rings. The molecule has 0 radical (unpaired) electrons. The number of nitrogens with zero attached hydrogens (tertiary/aromatic N) is 2. The Kier molecular flexibility index (Phi) is 9.29. The second kappa shape index (κ2) is 11.7. The van der Waals surface area contributed by atoms with Crippen molar-refractivity contribution in [3.63, 3.8) is 0 Å². The van der Waals surface area contributed by atoms with Gasteiger partial charge in [-0.05, 0) is 0 Å². The summed E-state index contributed by atoms with van der Waals surface area (Å²) in [6.07, 6.45) is -2.70. The number of rotatable bonds is 9. The number of anilines is 1. The third-order valence-corrected chi connectivity index (χ3v) is 11.0. The van der Waals surface area contributed by atoms with Crippen LogP contribution in [0.4, 0.5) is 23.4 Å². The van der Waals surface area contributed by atoms with E-state index in [1.54, 1.807) is 6.92 Å². The molecule has 0 aliphatic carbocycles. The first kappa shape index (κ1) is 29.4. The Bertz CT molecular complexity index is 1240. The fourth-order valence-electron chi connectivity index (χ4n) is 4.07. The molecule has 1 saturated heterocycles. The van der Waals surface area contributed by atoms with Gasteiger partial charge in [-0.3, -0.25) is 0 Å². The first-order chi connectivity index (χ1) is 17.2. The fraction of sp³-hybridized carbons (Fsp3) is 0.500. The van der Waals surface area contributed by atoms with Crippen molar-refractivity contribution in [1.82, 2.24) is 15.0 Å². The van der Waals surface area contributed by atoms with E-state index in [9.17, 15) is 30.8 Å². The molecule has 0 saturated carbocycles. The van der Waals surface area contributed by atoms with Crippen LogP contribution in [0.5, 0.6) is 0 Å². The number of carbonyl (C=O) groups is 1. The van der Waals surface area contributed by atoms with Crippen molar-refractivity contribution in [2.24, 2.45) is 0 Å². The SMILES string of the molecule is CC(C(=O)NCc1ccc(C(F)(F)F)nc1N1CC[C@H]([As](C)C)C1)c1ccc(CNS(C)(=O)=O)c(F)c1. The number of aromatic nitrogens is 1. The Hall–Kier alpha value is -2.17. The van der Waals surface area contributed by atoms with Gasteiger partial charge in [-0.2, -0.15) is 0 Å². The molecule has 0 bridgehead atoms. The van der Waals surface area contributed by atoms with Gasteiger partial charge in [-0.25, -0.2) is 17.5 Å². The maximum atomic E-state index is 14.5. The van der Waals surface area contributed by atoms with Gasteiger partial charge in [0.15, 0.2) is 0 Å². The zero-order valence-corrected chi connectivity index (χ0v) is 23.8. The van der Waals surface area contributed by atoms with Gasteiger partial charge in [-0.15, -0.1) is 0 Å². The van der Waals surface area contributed by atoms with Crippen molar-refractivity contribution < 1.29 is 30.8 Å². The molecule has 0 spiro atoms. The predicted molar refractivity (Wildman–Crippen MR) is 136 cm³/mol. The van der Waals surface area contributed by atoms with Crippen LogP contribution in [0.1, 0.15) is 41.6 Å². The molecule has 13 heteroatoms. The predicted octanol–water partition coefficient (Wildman–Crippen LogP) is 4.04. The van der Waals surface area contributed by atoms with E-state index in [-0.39, 0.29) is 24.5 Å². The molecule has 2 aromatic rings. The Balaban J connectivity index is 1.74. The summed E-state index contributed by atoms with van der Waals surface area (Å²) in [5.41, 5.74) is 4.47. The van der Waals surface area contributed by atoms with E-state index in [0.717, 1.165) is 18.7 Å². The standard InChI is InChI=1S/C24H31AsF4N4O3S/c1-15(16-5-6-17(20(26)11-16)13-31-37(4,35)36)23(34)30-12-18-7-8-21(24(27,28)29)32-22(18)33-10-9-19(14-33)25(2)3/h5-8,11,15,19,31H,9-10,12-14H2,1-4H3,(H,30,34)/t15?,19-/m0/s1. The van der Waals surface area contributed by atoms with Gasteiger partial charge in [0.1, 0.15) is 0 Å². The molecule has 1 aromatic heterocycles. The number of hydrogen-bond donors (Lipinski definition) is 2. The zero-order valence-electron chi connectivity index (χ0n) is 21.1.